The lowest BCUT2D eigenvalue weighted by atomic mass is 10.2. The number of rotatable bonds is 4. The summed E-state index contributed by atoms with van der Waals surface area (Å²) < 4.78 is 24.6. The highest BCUT2D eigenvalue weighted by Gasteiger charge is 2.23. The molecule has 2 aromatic rings. The molecule has 24 heavy (non-hydrogen) atoms. The number of hydrogen-bond acceptors (Lipinski definition) is 6. The van der Waals surface area contributed by atoms with E-state index in [9.17, 15) is 9.18 Å². The minimum Gasteiger partial charge on any atom is -0.494 e. The van der Waals surface area contributed by atoms with Gasteiger partial charge in [0.25, 0.3) is 0 Å². The lowest BCUT2D eigenvalue weighted by molar-refractivity contribution is -0.119. The van der Waals surface area contributed by atoms with Gasteiger partial charge < -0.3 is 19.7 Å². The number of halogens is 1. The molecule has 0 aliphatic carbocycles. The van der Waals surface area contributed by atoms with Crippen LogP contribution in [0.15, 0.2) is 18.5 Å². The Bertz CT molecular complexity index is 755. The van der Waals surface area contributed by atoms with Crippen LogP contribution in [0.1, 0.15) is 6.92 Å². The summed E-state index contributed by atoms with van der Waals surface area (Å²) in [5, 5.41) is 3.48. The molecule has 0 saturated carbocycles. The minimum atomic E-state index is -0.458. The quantitative estimate of drug-likeness (QED) is 0.903. The molecule has 1 fully saturated rings. The Kier molecular flexibility index (Phi) is 4.75. The average molecular weight is 334 g/mol. The molecule has 7 nitrogen and oxygen atoms in total. The lowest BCUT2D eigenvalue weighted by Crippen LogP contribution is -2.47. The third-order valence-corrected chi connectivity index (χ3v) is 3.90. The van der Waals surface area contributed by atoms with E-state index < -0.39 is 5.82 Å². The van der Waals surface area contributed by atoms with Crippen LogP contribution in [-0.4, -0.2) is 55.3 Å². The molecular weight excluding hydrogens is 315 g/mol. The summed E-state index contributed by atoms with van der Waals surface area (Å²) in [6.45, 7) is 3.66. The Morgan fingerprint density at radius 3 is 3.08 bits per heavy atom. The van der Waals surface area contributed by atoms with Gasteiger partial charge in [-0.3, -0.25) is 4.79 Å². The maximum absolute atomic E-state index is 13.9. The molecule has 0 radical (unpaired) electrons. The van der Waals surface area contributed by atoms with Crippen LogP contribution < -0.4 is 15.0 Å². The van der Waals surface area contributed by atoms with Crippen LogP contribution in [0.5, 0.6) is 5.75 Å². The predicted molar refractivity (Wildman–Crippen MR) is 86.7 cm³/mol. The average Bonchev–Trinajstić information content (AvgIpc) is 2.59. The Labute approximate surface area is 138 Å². The van der Waals surface area contributed by atoms with Crippen LogP contribution in [0.4, 0.5) is 10.2 Å². The van der Waals surface area contributed by atoms with E-state index in [0.29, 0.717) is 37.6 Å². The summed E-state index contributed by atoms with van der Waals surface area (Å²) in [5.41, 5.74) is 0.517. The van der Waals surface area contributed by atoms with Crippen LogP contribution in [0.25, 0.3) is 10.9 Å². The van der Waals surface area contributed by atoms with Crippen molar-refractivity contribution in [3.8, 4) is 5.75 Å². The van der Waals surface area contributed by atoms with Gasteiger partial charge >= 0.3 is 0 Å². The molecule has 1 aromatic carbocycles. The lowest BCUT2D eigenvalue weighted by Gasteiger charge is -2.34. The number of carbonyl (C=O) groups excluding carboxylic acids is 1. The summed E-state index contributed by atoms with van der Waals surface area (Å²) in [6.07, 6.45) is 1.29. The highest BCUT2D eigenvalue weighted by molar-refractivity contribution is 5.90. The molecule has 0 spiro atoms. The number of anilines is 1. The zero-order valence-corrected chi connectivity index (χ0v) is 13.6. The SMILES string of the molecule is COc1cc2c(N3CCOC(CNC(C)=O)C3)ncnc2cc1F. The van der Waals surface area contributed by atoms with E-state index in [1.807, 2.05) is 0 Å². The second kappa shape index (κ2) is 6.96. The molecule has 0 bridgehead atoms. The summed E-state index contributed by atoms with van der Waals surface area (Å²) >= 11 is 0. The van der Waals surface area contributed by atoms with Gasteiger partial charge in [0, 0.05) is 38.0 Å². The van der Waals surface area contributed by atoms with Crippen LogP contribution in [0.3, 0.4) is 0 Å². The number of morpholine rings is 1. The van der Waals surface area contributed by atoms with Gasteiger partial charge in [0.15, 0.2) is 11.6 Å². The van der Waals surface area contributed by atoms with Crippen molar-refractivity contribution in [2.24, 2.45) is 0 Å². The molecule has 1 unspecified atom stereocenters. The normalized spacial score (nSPS) is 17.8. The van der Waals surface area contributed by atoms with Gasteiger partial charge in [-0.2, -0.15) is 0 Å². The number of hydrogen-bond donors (Lipinski definition) is 1. The highest BCUT2D eigenvalue weighted by Crippen LogP contribution is 2.30. The van der Waals surface area contributed by atoms with Crippen molar-refractivity contribution in [3.63, 3.8) is 0 Å². The fraction of sp³-hybridized carbons (Fsp3) is 0.438. The maximum Gasteiger partial charge on any atom is 0.216 e. The number of aromatic nitrogens is 2. The smallest absolute Gasteiger partial charge is 0.216 e. The van der Waals surface area contributed by atoms with Gasteiger partial charge in [-0.15, -0.1) is 0 Å². The van der Waals surface area contributed by atoms with Crippen molar-refractivity contribution in [2.75, 3.05) is 38.3 Å². The van der Waals surface area contributed by atoms with E-state index in [2.05, 4.69) is 20.2 Å². The van der Waals surface area contributed by atoms with Crippen LogP contribution in [-0.2, 0) is 9.53 Å². The van der Waals surface area contributed by atoms with Crippen molar-refractivity contribution in [2.45, 2.75) is 13.0 Å². The molecule has 8 heteroatoms. The second-order valence-corrected chi connectivity index (χ2v) is 5.58. The molecule has 2 heterocycles. The number of amides is 1. The molecule has 128 valence electrons. The number of methoxy groups -OCH3 is 1. The van der Waals surface area contributed by atoms with Crippen LogP contribution >= 0.6 is 0 Å². The largest absolute Gasteiger partial charge is 0.494 e. The molecular formula is C16H19FN4O3. The Hall–Kier alpha value is -2.48. The third kappa shape index (κ3) is 3.38. The van der Waals surface area contributed by atoms with Gasteiger partial charge in [0.05, 0.1) is 25.3 Å². The highest BCUT2D eigenvalue weighted by atomic mass is 19.1. The van der Waals surface area contributed by atoms with Crippen molar-refractivity contribution >= 4 is 22.6 Å². The van der Waals surface area contributed by atoms with Gasteiger partial charge in [-0.1, -0.05) is 0 Å². The van der Waals surface area contributed by atoms with Gasteiger partial charge in [0.2, 0.25) is 5.91 Å². The van der Waals surface area contributed by atoms with Gasteiger partial charge in [0.1, 0.15) is 12.1 Å². The van der Waals surface area contributed by atoms with Crippen molar-refractivity contribution in [1.82, 2.24) is 15.3 Å². The monoisotopic (exact) mass is 334 g/mol. The van der Waals surface area contributed by atoms with E-state index in [1.54, 1.807) is 6.07 Å². The first-order chi connectivity index (χ1) is 11.6. The van der Waals surface area contributed by atoms with E-state index in [0.717, 1.165) is 5.39 Å². The summed E-state index contributed by atoms with van der Waals surface area (Å²) in [6, 6.07) is 2.95. The van der Waals surface area contributed by atoms with Crippen molar-refractivity contribution in [3.05, 3.63) is 24.3 Å². The molecule has 1 aliphatic heterocycles. The van der Waals surface area contributed by atoms with E-state index in [-0.39, 0.29) is 17.8 Å². The number of nitrogens with zero attached hydrogens (tertiary/aromatic N) is 3. The summed E-state index contributed by atoms with van der Waals surface area (Å²) in [5.74, 6) is 0.305. The molecule has 1 saturated heterocycles. The minimum absolute atomic E-state index is 0.0941. The zero-order valence-electron chi connectivity index (χ0n) is 13.6. The molecule has 1 aliphatic rings. The van der Waals surface area contributed by atoms with E-state index in [1.165, 1.54) is 26.4 Å². The van der Waals surface area contributed by atoms with Crippen LogP contribution in [0.2, 0.25) is 0 Å². The first-order valence-corrected chi connectivity index (χ1v) is 7.67. The molecule has 1 amide bonds. The number of carbonyl (C=O) groups is 1. The first kappa shape index (κ1) is 16.4. The Balaban J connectivity index is 1.89. The predicted octanol–water partition coefficient (Wildman–Crippen LogP) is 1.12. The maximum atomic E-state index is 13.9. The molecule has 1 atom stereocenters. The van der Waals surface area contributed by atoms with E-state index >= 15 is 0 Å². The summed E-state index contributed by atoms with van der Waals surface area (Å²) in [4.78, 5) is 21.6. The van der Waals surface area contributed by atoms with Crippen molar-refractivity contribution < 1.29 is 18.7 Å². The number of benzene rings is 1. The van der Waals surface area contributed by atoms with Gasteiger partial charge in [-0.25, -0.2) is 14.4 Å². The molecule has 3 rings (SSSR count). The Morgan fingerprint density at radius 2 is 2.33 bits per heavy atom. The van der Waals surface area contributed by atoms with E-state index in [4.69, 9.17) is 9.47 Å². The Morgan fingerprint density at radius 1 is 1.50 bits per heavy atom. The number of fused-ring (bicyclic) bond motifs is 1. The summed E-state index contributed by atoms with van der Waals surface area (Å²) in [7, 11) is 1.42. The standard InChI is InChI=1S/C16H19FN4O3/c1-10(22)18-7-11-8-21(3-4-24-11)16-12-5-15(23-2)13(17)6-14(12)19-9-20-16/h5-6,9,11H,3-4,7-8H2,1-2H3,(H,18,22). The fourth-order valence-electron chi connectivity index (χ4n) is 2.75. The van der Waals surface area contributed by atoms with Crippen molar-refractivity contribution in [1.29, 1.82) is 0 Å². The third-order valence-electron chi connectivity index (χ3n) is 3.90. The van der Waals surface area contributed by atoms with Gasteiger partial charge in [-0.05, 0) is 6.07 Å². The zero-order chi connectivity index (χ0) is 17.1. The second-order valence-electron chi connectivity index (χ2n) is 5.58. The number of nitrogens with one attached hydrogen (secondary N) is 1. The fourth-order valence-corrected chi connectivity index (χ4v) is 2.75. The first-order valence-electron chi connectivity index (χ1n) is 7.67. The number of ether oxygens (including phenoxy) is 2. The molecule has 1 aromatic heterocycles. The molecule has 1 N–H and O–H groups in total. The van der Waals surface area contributed by atoms with Crippen LogP contribution in [0, 0.1) is 5.82 Å². The topological polar surface area (TPSA) is 76.6 Å².